The number of carboxylic acid groups (broad SMARTS) is 2. The molecule has 1 aromatic heterocycles. The van der Waals surface area contributed by atoms with E-state index in [4.69, 9.17) is 14.6 Å². The molecule has 224 valence electrons. The van der Waals surface area contributed by atoms with Gasteiger partial charge in [0.15, 0.2) is 5.78 Å². The zero-order chi connectivity index (χ0) is 30.9. The predicted molar refractivity (Wildman–Crippen MR) is 167 cm³/mol. The van der Waals surface area contributed by atoms with Crippen LogP contribution < -0.4 is 9.47 Å². The van der Waals surface area contributed by atoms with E-state index in [2.05, 4.69) is 32.9 Å². The van der Waals surface area contributed by atoms with Gasteiger partial charge >= 0.3 is 11.9 Å². The van der Waals surface area contributed by atoms with Gasteiger partial charge in [0.25, 0.3) is 0 Å². The monoisotopic (exact) mass is 583 g/mol. The molecule has 2 N–H and O–H groups in total. The van der Waals surface area contributed by atoms with Crippen LogP contribution in [-0.4, -0.2) is 45.7 Å². The standard InChI is InChI=1S/C35H37NO7/c1-23-19-24(2)35(25(3)20-23)43-18-5-4-17-42-28-13-10-26(11-14-28)9-12-27-7-6-8-29-30(31(37)15-16-32(38)39)21-36(34(27)29)22-33(40)41/h6-14,19-21H,4-5,15-18,22H2,1-3H3,(H,38,39)(H,40,41)/b12-9+. The fraction of sp³-hybridized carbons (Fsp3) is 0.286. The fourth-order valence-electron chi connectivity index (χ4n) is 5.20. The average molecular weight is 584 g/mol. The Morgan fingerprint density at radius 1 is 0.814 bits per heavy atom. The molecule has 3 aromatic carbocycles. The van der Waals surface area contributed by atoms with Crippen LogP contribution in [0.5, 0.6) is 11.5 Å². The number of aliphatic carboxylic acids is 2. The minimum absolute atomic E-state index is 0.156. The quantitative estimate of drug-likeness (QED) is 0.0871. The maximum Gasteiger partial charge on any atom is 0.323 e. The van der Waals surface area contributed by atoms with Crippen molar-refractivity contribution in [3.63, 3.8) is 0 Å². The van der Waals surface area contributed by atoms with Gasteiger partial charge in [-0.05, 0) is 68.0 Å². The summed E-state index contributed by atoms with van der Waals surface area (Å²) in [6, 6.07) is 17.4. The number of aromatic nitrogens is 1. The van der Waals surface area contributed by atoms with Gasteiger partial charge in [-0.1, -0.05) is 60.2 Å². The van der Waals surface area contributed by atoms with Crippen LogP contribution in [0.25, 0.3) is 23.1 Å². The van der Waals surface area contributed by atoms with E-state index in [0.717, 1.165) is 46.6 Å². The third-order valence-electron chi connectivity index (χ3n) is 7.10. The molecule has 0 bridgehead atoms. The summed E-state index contributed by atoms with van der Waals surface area (Å²) >= 11 is 0. The van der Waals surface area contributed by atoms with Gasteiger partial charge < -0.3 is 24.3 Å². The smallest absolute Gasteiger partial charge is 0.323 e. The third-order valence-corrected chi connectivity index (χ3v) is 7.10. The van der Waals surface area contributed by atoms with Crippen LogP contribution >= 0.6 is 0 Å². The van der Waals surface area contributed by atoms with Crippen molar-refractivity contribution in [3.8, 4) is 11.5 Å². The summed E-state index contributed by atoms with van der Waals surface area (Å²) in [6.45, 7) is 7.12. The Hall–Kier alpha value is -4.85. The highest BCUT2D eigenvalue weighted by Gasteiger charge is 2.18. The molecule has 0 spiro atoms. The van der Waals surface area contributed by atoms with Gasteiger partial charge in [0.05, 0.1) is 25.2 Å². The number of para-hydroxylation sites is 1. The van der Waals surface area contributed by atoms with Crippen molar-refractivity contribution in [2.45, 2.75) is 53.0 Å². The van der Waals surface area contributed by atoms with E-state index in [0.29, 0.717) is 29.7 Å². The fourth-order valence-corrected chi connectivity index (χ4v) is 5.20. The van der Waals surface area contributed by atoms with Gasteiger partial charge in [0.1, 0.15) is 18.0 Å². The first-order valence-electron chi connectivity index (χ1n) is 14.3. The van der Waals surface area contributed by atoms with Crippen molar-refractivity contribution in [1.82, 2.24) is 4.57 Å². The molecule has 43 heavy (non-hydrogen) atoms. The topological polar surface area (TPSA) is 115 Å². The first-order valence-corrected chi connectivity index (χ1v) is 14.3. The van der Waals surface area contributed by atoms with E-state index < -0.39 is 11.9 Å². The van der Waals surface area contributed by atoms with Crippen LogP contribution in [-0.2, 0) is 16.1 Å². The molecular formula is C35H37NO7. The summed E-state index contributed by atoms with van der Waals surface area (Å²) in [6.07, 6.45) is 6.60. The number of Topliss-reactive ketones (excluding diaryl/α,β-unsaturated/α-hetero) is 1. The van der Waals surface area contributed by atoms with Gasteiger partial charge in [-0.25, -0.2) is 0 Å². The minimum atomic E-state index is -1.06. The molecule has 8 nitrogen and oxygen atoms in total. The number of aryl methyl sites for hydroxylation is 3. The summed E-state index contributed by atoms with van der Waals surface area (Å²) in [5.41, 5.74) is 6.14. The largest absolute Gasteiger partial charge is 0.494 e. The minimum Gasteiger partial charge on any atom is -0.494 e. The molecule has 0 radical (unpaired) electrons. The zero-order valence-corrected chi connectivity index (χ0v) is 24.8. The summed E-state index contributed by atoms with van der Waals surface area (Å²) < 4.78 is 13.4. The van der Waals surface area contributed by atoms with Gasteiger partial charge in [-0.15, -0.1) is 0 Å². The van der Waals surface area contributed by atoms with E-state index in [1.54, 1.807) is 12.1 Å². The lowest BCUT2D eigenvalue weighted by Gasteiger charge is -2.13. The normalized spacial score (nSPS) is 11.2. The number of benzene rings is 3. The van der Waals surface area contributed by atoms with Crippen molar-refractivity contribution >= 4 is 40.8 Å². The van der Waals surface area contributed by atoms with E-state index >= 15 is 0 Å². The molecule has 0 atom stereocenters. The van der Waals surface area contributed by atoms with Crippen LogP contribution in [0.1, 0.15) is 63.9 Å². The van der Waals surface area contributed by atoms with Crippen LogP contribution in [0, 0.1) is 20.8 Å². The molecule has 0 saturated carbocycles. The second-order valence-corrected chi connectivity index (χ2v) is 10.7. The summed E-state index contributed by atoms with van der Waals surface area (Å²) in [5, 5.41) is 19.0. The van der Waals surface area contributed by atoms with Crippen molar-refractivity contribution < 1.29 is 34.1 Å². The summed E-state index contributed by atoms with van der Waals surface area (Å²) in [5.74, 6) is -0.704. The lowest BCUT2D eigenvalue weighted by atomic mass is 10.0. The highest BCUT2D eigenvalue weighted by atomic mass is 16.5. The Morgan fingerprint density at radius 3 is 2.14 bits per heavy atom. The maximum absolute atomic E-state index is 12.7. The Kier molecular flexibility index (Phi) is 10.4. The van der Waals surface area contributed by atoms with Crippen LogP contribution in [0.15, 0.2) is 60.8 Å². The molecule has 0 aliphatic heterocycles. The molecule has 0 amide bonds. The summed E-state index contributed by atoms with van der Waals surface area (Å²) in [7, 11) is 0. The van der Waals surface area contributed by atoms with Gasteiger partial charge in [0, 0.05) is 23.6 Å². The molecule has 0 aliphatic carbocycles. The van der Waals surface area contributed by atoms with Crippen molar-refractivity contribution in [3.05, 3.63) is 94.2 Å². The van der Waals surface area contributed by atoms with Crippen LogP contribution in [0.3, 0.4) is 0 Å². The number of ketones is 1. The second-order valence-electron chi connectivity index (χ2n) is 10.7. The van der Waals surface area contributed by atoms with Crippen molar-refractivity contribution in [2.75, 3.05) is 13.2 Å². The first-order chi connectivity index (χ1) is 20.6. The molecule has 0 fully saturated rings. The molecule has 4 rings (SSSR count). The highest BCUT2D eigenvalue weighted by molar-refractivity contribution is 6.10. The van der Waals surface area contributed by atoms with E-state index in [1.807, 2.05) is 42.5 Å². The number of fused-ring (bicyclic) bond motifs is 1. The Bertz CT molecular complexity index is 1620. The van der Waals surface area contributed by atoms with Gasteiger partial charge in [-0.3, -0.25) is 14.4 Å². The van der Waals surface area contributed by atoms with Crippen LogP contribution in [0.2, 0.25) is 0 Å². The Labute approximate surface area is 251 Å². The lowest BCUT2D eigenvalue weighted by molar-refractivity contribution is -0.138. The molecule has 8 heteroatoms. The molecule has 0 saturated heterocycles. The number of hydrogen-bond donors (Lipinski definition) is 2. The van der Waals surface area contributed by atoms with Crippen molar-refractivity contribution in [2.24, 2.45) is 0 Å². The molecule has 1 heterocycles. The average Bonchev–Trinajstić information content (AvgIpc) is 3.32. The van der Waals surface area contributed by atoms with Crippen molar-refractivity contribution in [1.29, 1.82) is 0 Å². The van der Waals surface area contributed by atoms with E-state index in [9.17, 15) is 19.5 Å². The lowest BCUT2D eigenvalue weighted by Crippen LogP contribution is -2.08. The Morgan fingerprint density at radius 2 is 1.49 bits per heavy atom. The first kappa shape index (κ1) is 31.1. The molecular weight excluding hydrogens is 546 g/mol. The zero-order valence-electron chi connectivity index (χ0n) is 24.8. The third kappa shape index (κ3) is 8.35. The van der Waals surface area contributed by atoms with Crippen LogP contribution in [0.4, 0.5) is 0 Å². The highest BCUT2D eigenvalue weighted by Crippen LogP contribution is 2.28. The number of hydrogen-bond acceptors (Lipinski definition) is 5. The predicted octanol–water partition coefficient (Wildman–Crippen LogP) is 7.11. The number of carboxylic acids is 2. The molecule has 0 aliphatic rings. The molecule has 4 aromatic rings. The molecule has 0 unspecified atom stereocenters. The second kappa shape index (κ2) is 14.4. The SMILES string of the molecule is Cc1cc(C)c(OCCCCOc2ccc(/C=C/c3cccc4c(C(=O)CCC(=O)O)cn(CC(=O)O)c34)cc2)c(C)c1. The van der Waals surface area contributed by atoms with Gasteiger partial charge in [0.2, 0.25) is 0 Å². The maximum atomic E-state index is 12.7. The number of carbonyl (C=O) groups excluding carboxylic acids is 1. The van der Waals surface area contributed by atoms with E-state index in [-0.39, 0.29) is 25.2 Å². The number of ether oxygens (including phenoxy) is 2. The number of nitrogens with zero attached hydrogens (tertiary/aromatic N) is 1. The number of unbranched alkanes of at least 4 members (excludes halogenated alkanes) is 1. The Balaban J connectivity index is 1.36. The number of rotatable bonds is 15. The van der Waals surface area contributed by atoms with Gasteiger partial charge in [-0.2, -0.15) is 0 Å². The number of carbonyl (C=O) groups is 3. The van der Waals surface area contributed by atoms with E-state index in [1.165, 1.54) is 16.3 Å². The summed E-state index contributed by atoms with van der Waals surface area (Å²) in [4.78, 5) is 35.2.